The van der Waals surface area contributed by atoms with Gasteiger partial charge in [-0.2, -0.15) is 0 Å². The number of halogens is 2. The molecule has 2 rings (SSSR count). The molecular weight excluding hydrogens is 276 g/mol. The zero-order valence-corrected chi connectivity index (χ0v) is 11.5. The summed E-state index contributed by atoms with van der Waals surface area (Å²) in [4.78, 5) is 13.0. The third-order valence-corrected chi connectivity index (χ3v) is 3.11. The van der Waals surface area contributed by atoms with Gasteiger partial charge in [0, 0.05) is 13.1 Å². The summed E-state index contributed by atoms with van der Waals surface area (Å²) in [5.41, 5.74) is 1.41. The first-order valence-electron chi connectivity index (χ1n) is 6.40. The molecule has 2 aromatic rings. The van der Waals surface area contributed by atoms with Crippen molar-refractivity contribution in [3.8, 4) is 0 Å². The summed E-state index contributed by atoms with van der Waals surface area (Å²) >= 11 is 0. The van der Waals surface area contributed by atoms with Gasteiger partial charge in [0.2, 0.25) is 0 Å². The van der Waals surface area contributed by atoms with E-state index < -0.39 is 11.8 Å². The molecule has 0 aromatic heterocycles. The van der Waals surface area contributed by atoms with E-state index in [1.165, 1.54) is 24.3 Å². The first kappa shape index (κ1) is 15.1. The molecule has 0 spiro atoms. The van der Waals surface area contributed by atoms with Crippen molar-refractivity contribution < 1.29 is 18.7 Å². The minimum Gasteiger partial charge on any atom is -0.478 e. The van der Waals surface area contributed by atoms with E-state index in [-0.39, 0.29) is 11.4 Å². The van der Waals surface area contributed by atoms with Crippen molar-refractivity contribution in [1.82, 2.24) is 4.90 Å². The summed E-state index contributed by atoms with van der Waals surface area (Å²) in [5, 5.41) is 9.10. The van der Waals surface area contributed by atoms with Gasteiger partial charge in [-0.1, -0.05) is 18.2 Å². The predicted molar refractivity (Wildman–Crippen MR) is 74.9 cm³/mol. The summed E-state index contributed by atoms with van der Waals surface area (Å²) in [7, 11) is 1.82. The Morgan fingerprint density at radius 1 is 1.05 bits per heavy atom. The second kappa shape index (κ2) is 6.45. The highest BCUT2D eigenvalue weighted by atomic mass is 19.1. The molecule has 0 saturated carbocycles. The molecule has 0 aliphatic heterocycles. The van der Waals surface area contributed by atoms with Crippen molar-refractivity contribution in [1.29, 1.82) is 0 Å². The maximum atomic E-state index is 13.1. The van der Waals surface area contributed by atoms with E-state index in [4.69, 9.17) is 5.11 Å². The SMILES string of the molecule is CN(Cc1ccc(F)cc1)Cc1ccc(F)cc1C(=O)O. The van der Waals surface area contributed by atoms with E-state index in [0.29, 0.717) is 18.7 Å². The van der Waals surface area contributed by atoms with Crippen LogP contribution in [0.5, 0.6) is 0 Å². The van der Waals surface area contributed by atoms with Crippen LogP contribution < -0.4 is 0 Å². The Morgan fingerprint density at radius 2 is 1.67 bits per heavy atom. The van der Waals surface area contributed by atoms with Crippen molar-refractivity contribution in [2.24, 2.45) is 0 Å². The number of carboxylic acids is 1. The molecule has 0 saturated heterocycles. The van der Waals surface area contributed by atoms with E-state index in [9.17, 15) is 13.6 Å². The highest BCUT2D eigenvalue weighted by molar-refractivity contribution is 5.89. The van der Waals surface area contributed by atoms with Gasteiger partial charge in [-0.15, -0.1) is 0 Å². The molecule has 0 unspecified atom stereocenters. The molecule has 21 heavy (non-hydrogen) atoms. The molecule has 0 aliphatic rings. The molecule has 0 radical (unpaired) electrons. The van der Waals surface area contributed by atoms with E-state index >= 15 is 0 Å². The van der Waals surface area contributed by atoms with Gasteiger partial charge in [0.15, 0.2) is 0 Å². The number of carbonyl (C=O) groups is 1. The zero-order chi connectivity index (χ0) is 15.4. The van der Waals surface area contributed by atoms with E-state index in [0.717, 1.165) is 11.6 Å². The van der Waals surface area contributed by atoms with Crippen LogP contribution >= 0.6 is 0 Å². The summed E-state index contributed by atoms with van der Waals surface area (Å²) in [6, 6.07) is 9.84. The number of carboxylic acid groups (broad SMARTS) is 1. The molecule has 0 fully saturated rings. The third kappa shape index (κ3) is 4.10. The maximum Gasteiger partial charge on any atom is 0.336 e. The van der Waals surface area contributed by atoms with Gasteiger partial charge >= 0.3 is 5.97 Å². The van der Waals surface area contributed by atoms with Crippen LogP contribution in [-0.4, -0.2) is 23.0 Å². The quantitative estimate of drug-likeness (QED) is 0.919. The number of hydrogen-bond donors (Lipinski definition) is 1. The van der Waals surface area contributed by atoms with Crippen molar-refractivity contribution in [3.63, 3.8) is 0 Å². The van der Waals surface area contributed by atoms with Gasteiger partial charge in [-0.25, -0.2) is 13.6 Å². The largest absolute Gasteiger partial charge is 0.478 e. The van der Waals surface area contributed by atoms with Gasteiger partial charge < -0.3 is 5.11 Å². The molecule has 5 heteroatoms. The van der Waals surface area contributed by atoms with Crippen LogP contribution in [0.4, 0.5) is 8.78 Å². The number of nitrogens with zero attached hydrogens (tertiary/aromatic N) is 1. The number of benzene rings is 2. The van der Waals surface area contributed by atoms with Crippen LogP contribution in [0.15, 0.2) is 42.5 Å². The normalized spacial score (nSPS) is 10.9. The van der Waals surface area contributed by atoms with E-state index in [1.54, 1.807) is 12.1 Å². The van der Waals surface area contributed by atoms with Crippen LogP contribution in [-0.2, 0) is 13.1 Å². The fourth-order valence-corrected chi connectivity index (χ4v) is 2.13. The Morgan fingerprint density at radius 3 is 2.29 bits per heavy atom. The first-order valence-corrected chi connectivity index (χ1v) is 6.40. The van der Waals surface area contributed by atoms with Crippen LogP contribution in [0.3, 0.4) is 0 Å². The molecule has 0 bridgehead atoms. The van der Waals surface area contributed by atoms with Crippen molar-refractivity contribution in [2.45, 2.75) is 13.1 Å². The lowest BCUT2D eigenvalue weighted by Gasteiger charge is -2.18. The van der Waals surface area contributed by atoms with Crippen LogP contribution in [0, 0.1) is 11.6 Å². The monoisotopic (exact) mass is 291 g/mol. The van der Waals surface area contributed by atoms with Gasteiger partial charge in [-0.05, 0) is 42.4 Å². The molecule has 0 amide bonds. The Kier molecular flexibility index (Phi) is 4.65. The third-order valence-electron chi connectivity index (χ3n) is 3.11. The van der Waals surface area contributed by atoms with Crippen LogP contribution in [0.25, 0.3) is 0 Å². The van der Waals surface area contributed by atoms with E-state index in [1.807, 2.05) is 11.9 Å². The maximum absolute atomic E-state index is 13.1. The van der Waals surface area contributed by atoms with Crippen LogP contribution in [0.2, 0.25) is 0 Å². The second-order valence-electron chi connectivity index (χ2n) is 4.91. The predicted octanol–water partition coefficient (Wildman–Crippen LogP) is 3.30. The lowest BCUT2D eigenvalue weighted by Crippen LogP contribution is -2.19. The van der Waals surface area contributed by atoms with Crippen LogP contribution in [0.1, 0.15) is 21.5 Å². The first-order chi connectivity index (χ1) is 9.95. The summed E-state index contributed by atoms with van der Waals surface area (Å²) in [5.74, 6) is -2.02. The molecule has 1 N–H and O–H groups in total. The summed E-state index contributed by atoms with van der Waals surface area (Å²) in [6.07, 6.45) is 0. The molecule has 2 aromatic carbocycles. The molecule has 110 valence electrons. The summed E-state index contributed by atoms with van der Waals surface area (Å²) in [6.45, 7) is 0.899. The Hall–Kier alpha value is -2.27. The minimum atomic E-state index is -1.15. The lowest BCUT2D eigenvalue weighted by molar-refractivity contribution is 0.0694. The lowest BCUT2D eigenvalue weighted by atomic mass is 10.1. The van der Waals surface area contributed by atoms with Gasteiger partial charge in [0.1, 0.15) is 11.6 Å². The minimum absolute atomic E-state index is 0.0408. The van der Waals surface area contributed by atoms with Gasteiger partial charge in [-0.3, -0.25) is 4.90 Å². The fraction of sp³-hybridized carbons (Fsp3) is 0.188. The van der Waals surface area contributed by atoms with Crippen molar-refractivity contribution in [3.05, 3.63) is 70.8 Å². The molecule has 0 atom stereocenters. The van der Waals surface area contributed by atoms with Gasteiger partial charge in [0.05, 0.1) is 5.56 Å². The fourth-order valence-electron chi connectivity index (χ4n) is 2.13. The molecule has 0 aliphatic carbocycles. The van der Waals surface area contributed by atoms with Gasteiger partial charge in [0.25, 0.3) is 0 Å². The molecule has 0 heterocycles. The molecule has 3 nitrogen and oxygen atoms in total. The molecular formula is C16H15F2NO2. The Balaban J connectivity index is 2.10. The second-order valence-corrected chi connectivity index (χ2v) is 4.91. The van der Waals surface area contributed by atoms with Crippen molar-refractivity contribution >= 4 is 5.97 Å². The van der Waals surface area contributed by atoms with Crippen molar-refractivity contribution in [2.75, 3.05) is 7.05 Å². The average Bonchev–Trinajstić information content (AvgIpc) is 2.43. The Labute approximate surface area is 121 Å². The zero-order valence-electron chi connectivity index (χ0n) is 11.5. The standard InChI is InChI=1S/C16H15F2NO2/c1-19(9-11-2-5-13(17)6-3-11)10-12-4-7-14(18)8-15(12)16(20)21/h2-8H,9-10H2,1H3,(H,20,21). The summed E-state index contributed by atoms with van der Waals surface area (Å²) < 4.78 is 26.0. The average molecular weight is 291 g/mol. The number of aromatic carboxylic acids is 1. The smallest absolute Gasteiger partial charge is 0.336 e. The highest BCUT2D eigenvalue weighted by Gasteiger charge is 2.13. The number of rotatable bonds is 5. The van der Waals surface area contributed by atoms with E-state index in [2.05, 4.69) is 0 Å². The topological polar surface area (TPSA) is 40.5 Å². The highest BCUT2D eigenvalue weighted by Crippen LogP contribution is 2.15. The Bertz CT molecular complexity index is 641. The number of hydrogen-bond acceptors (Lipinski definition) is 2.